The third kappa shape index (κ3) is 4.70. The van der Waals surface area contributed by atoms with E-state index in [9.17, 15) is 8.42 Å². The van der Waals surface area contributed by atoms with E-state index in [0.717, 1.165) is 25.7 Å². The van der Waals surface area contributed by atoms with Crippen molar-refractivity contribution in [3.8, 4) is 0 Å². The van der Waals surface area contributed by atoms with Gasteiger partial charge in [-0.05, 0) is 19.3 Å². The van der Waals surface area contributed by atoms with E-state index in [4.69, 9.17) is 0 Å². The molecule has 1 N–H and O–H groups in total. The Bertz CT molecular complexity index is 373. The number of nitrogens with zero attached hydrogens (tertiary/aromatic N) is 2. The van der Waals surface area contributed by atoms with Crippen LogP contribution in [0.4, 0.5) is 0 Å². The van der Waals surface area contributed by atoms with Crippen molar-refractivity contribution in [3.05, 3.63) is 0 Å². The molecule has 1 heterocycles. The topological polar surface area (TPSA) is 52.6 Å². The van der Waals surface area contributed by atoms with E-state index in [0.29, 0.717) is 19.1 Å². The molecule has 112 valence electrons. The zero-order valence-corrected chi connectivity index (χ0v) is 13.0. The van der Waals surface area contributed by atoms with Crippen LogP contribution in [-0.2, 0) is 10.0 Å². The molecule has 0 aromatic carbocycles. The molecule has 1 aliphatic heterocycles. The van der Waals surface area contributed by atoms with Gasteiger partial charge >= 0.3 is 0 Å². The number of hydrogen-bond donors (Lipinski definition) is 1. The van der Waals surface area contributed by atoms with Gasteiger partial charge in [0.05, 0.1) is 6.26 Å². The van der Waals surface area contributed by atoms with Crippen molar-refractivity contribution in [3.63, 3.8) is 0 Å². The lowest BCUT2D eigenvalue weighted by Gasteiger charge is -2.38. The van der Waals surface area contributed by atoms with Crippen molar-refractivity contribution in [2.24, 2.45) is 0 Å². The van der Waals surface area contributed by atoms with Crippen molar-refractivity contribution in [2.45, 2.75) is 44.7 Å². The monoisotopic (exact) mass is 289 g/mol. The highest BCUT2D eigenvalue weighted by molar-refractivity contribution is 7.88. The maximum Gasteiger partial charge on any atom is 0.211 e. The molecule has 1 saturated heterocycles. The molecule has 2 rings (SSSR count). The second-order valence-corrected chi connectivity index (χ2v) is 7.81. The van der Waals surface area contributed by atoms with Crippen LogP contribution in [0.2, 0.25) is 0 Å². The molecule has 0 spiro atoms. The number of rotatable bonds is 7. The Morgan fingerprint density at radius 2 is 1.84 bits per heavy atom. The molecule has 0 amide bonds. The molecule has 0 bridgehead atoms. The van der Waals surface area contributed by atoms with Gasteiger partial charge in [0.1, 0.15) is 0 Å². The molecule has 19 heavy (non-hydrogen) atoms. The largest absolute Gasteiger partial charge is 0.312 e. The molecule has 1 aliphatic carbocycles. The lowest BCUT2D eigenvalue weighted by atomic mass is 10.1. The Morgan fingerprint density at radius 1 is 1.21 bits per heavy atom. The number of hydrogen-bond acceptors (Lipinski definition) is 4. The van der Waals surface area contributed by atoms with Gasteiger partial charge in [0, 0.05) is 44.8 Å². The average molecular weight is 289 g/mol. The number of piperazine rings is 1. The van der Waals surface area contributed by atoms with E-state index in [1.165, 1.54) is 31.9 Å². The molecule has 1 saturated carbocycles. The lowest BCUT2D eigenvalue weighted by molar-refractivity contribution is 0.128. The normalized spacial score (nSPS) is 24.5. The molecule has 1 unspecified atom stereocenters. The minimum atomic E-state index is -3.01. The molecule has 6 heteroatoms. The fourth-order valence-corrected chi connectivity index (χ4v) is 3.56. The Hall–Kier alpha value is -0.170. The zero-order valence-electron chi connectivity index (χ0n) is 12.1. The van der Waals surface area contributed by atoms with E-state index < -0.39 is 10.0 Å². The maximum atomic E-state index is 11.5. The molecule has 0 radical (unpaired) electrons. The molecule has 2 fully saturated rings. The second-order valence-electron chi connectivity index (χ2n) is 5.82. The van der Waals surface area contributed by atoms with E-state index in [-0.39, 0.29) is 0 Å². The maximum absolute atomic E-state index is 11.5. The molecular weight excluding hydrogens is 262 g/mol. The van der Waals surface area contributed by atoms with Gasteiger partial charge in [0.15, 0.2) is 0 Å². The van der Waals surface area contributed by atoms with Crippen LogP contribution in [0.5, 0.6) is 0 Å². The van der Waals surface area contributed by atoms with Crippen LogP contribution >= 0.6 is 0 Å². The molecule has 0 aromatic heterocycles. The van der Waals surface area contributed by atoms with Crippen LogP contribution in [-0.4, -0.2) is 68.7 Å². The summed E-state index contributed by atoms with van der Waals surface area (Å²) in [6.07, 6.45) is 6.32. The SMILES string of the molecule is CCCC(CNC1CC1)N1CCN(S(C)(=O)=O)CC1. The first-order valence-electron chi connectivity index (χ1n) is 7.43. The number of sulfonamides is 1. The first-order valence-corrected chi connectivity index (χ1v) is 9.28. The van der Waals surface area contributed by atoms with Crippen LogP contribution in [0.1, 0.15) is 32.6 Å². The molecule has 0 aromatic rings. The summed E-state index contributed by atoms with van der Waals surface area (Å²) < 4.78 is 24.6. The third-order valence-electron chi connectivity index (χ3n) is 4.10. The van der Waals surface area contributed by atoms with Gasteiger partial charge in [-0.2, -0.15) is 4.31 Å². The van der Waals surface area contributed by atoms with Crippen LogP contribution in [0, 0.1) is 0 Å². The summed E-state index contributed by atoms with van der Waals surface area (Å²) >= 11 is 0. The highest BCUT2D eigenvalue weighted by Gasteiger charge is 2.28. The van der Waals surface area contributed by atoms with Crippen molar-refractivity contribution < 1.29 is 8.42 Å². The molecule has 5 nitrogen and oxygen atoms in total. The van der Waals surface area contributed by atoms with Gasteiger partial charge in [-0.25, -0.2) is 8.42 Å². The van der Waals surface area contributed by atoms with E-state index in [1.807, 2.05) is 0 Å². The van der Waals surface area contributed by atoms with Gasteiger partial charge in [0.25, 0.3) is 0 Å². The van der Waals surface area contributed by atoms with Crippen LogP contribution in [0.3, 0.4) is 0 Å². The fraction of sp³-hybridized carbons (Fsp3) is 1.00. The highest BCUT2D eigenvalue weighted by Crippen LogP contribution is 2.20. The summed E-state index contributed by atoms with van der Waals surface area (Å²) in [5.41, 5.74) is 0. The standard InChI is InChI=1S/C13H27N3O2S/c1-3-4-13(11-14-12-5-6-12)15-7-9-16(10-8-15)19(2,17)18/h12-14H,3-11H2,1-2H3. The van der Waals surface area contributed by atoms with Gasteiger partial charge in [0.2, 0.25) is 10.0 Å². The first kappa shape index (κ1) is 15.2. The summed E-state index contributed by atoms with van der Waals surface area (Å²) in [7, 11) is -3.01. The van der Waals surface area contributed by atoms with Crippen molar-refractivity contribution >= 4 is 10.0 Å². The Labute approximate surface area is 117 Å². The third-order valence-corrected chi connectivity index (χ3v) is 5.40. The van der Waals surface area contributed by atoms with Crippen LogP contribution in [0.25, 0.3) is 0 Å². The predicted octanol–water partition coefficient (Wildman–Crippen LogP) is 0.484. The van der Waals surface area contributed by atoms with E-state index in [1.54, 1.807) is 4.31 Å². The Kier molecular flexibility index (Phi) is 5.22. The van der Waals surface area contributed by atoms with Gasteiger partial charge in [-0.1, -0.05) is 13.3 Å². The molecular formula is C13H27N3O2S. The van der Waals surface area contributed by atoms with Crippen molar-refractivity contribution in [1.29, 1.82) is 0 Å². The van der Waals surface area contributed by atoms with Gasteiger partial charge in [-0.15, -0.1) is 0 Å². The summed E-state index contributed by atoms with van der Waals surface area (Å²) in [6, 6.07) is 1.31. The minimum Gasteiger partial charge on any atom is -0.312 e. The minimum absolute atomic E-state index is 0.562. The summed E-state index contributed by atoms with van der Waals surface area (Å²) in [5.74, 6) is 0. The van der Waals surface area contributed by atoms with Gasteiger partial charge in [-0.3, -0.25) is 4.90 Å². The molecule has 1 atom stereocenters. The highest BCUT2D eigenvalue weighted by atomic mass is 32.2. The molecule has 2 aliphatic rings. The second kappa shape index (κ2) is 6.52. The Morgan fingerprint density at radius 3 is 2.32 bits per heavy atom. The fourth-order valence-electron chi connectivity index (χ4n) is 2.74. The summed E-state index contributed by atoms with van der Waals surface area (Å²) in [6.45, 7) is 6.29. The van der Waals surface area contributed by atoms with Crippen molar-refractivity contribution in [1.82, 2.24) is 14.5 Å². The van der Waals surface area contributed by atoms with E-state index in [2.05, 4.69) is 17.1 Å². The predicted molar refractivity (Wildman–Crippen MR) is 77.7 cm³/mol. The lowest BCUT2D eigenvalue weighted by Crippen LogP contribution is -2.54. The average Bonchev–Trinajstić information content (AvgIpc) is 3.17. The van der Waals surface area contributed by atoms with Crippen LogP contribution < -0.4 is 5.32 Å². The first-order chi connectivity index (χ1) is 9.00. The van der Waals surface area contributed by atoms with E-state index >= 15 is 0 Å². The summed E-state index contributed by atoms with van der Waals surface area (Å²) in [5, 5.41) is 3.61. The summed E-state index contributed by atoms with van der Waals surface area (Å²) in [4.78, 5) is 2.46. The van der Waals surface area contributed by atoms with Crippen LogP contribution in [0.15, 0.2) is 0 Å². The van der Waals surface area contributed by atoms with Gasteiger partial charge < -0.3 is 5.32 Å². The zero-order chi connectivity index (χ0) is 13.9. The Balaban J connectivity index is 1.81. The smallest absolute Gasteiger partial charge is 0.211 e. The van der Waals surface area contributed by atoms with Crippen molar-refractivity contribution in [2.75, 3.05) is 39.0 Å². The number of nitrogens with one attached hydrogen (secondary N) is 1. The quantitative estimate of drug-likeness (QED) is 0.741.